The van der Waals surface area contributed by atoms with Crippen LogP contribution in [0.5, 0.6) is 5.75 Å². The number of amides is 1. The van der Waals surface area contributed by atoms with Gasteiger partial charge in [0.2, 0.25) is 5.91 Å². The van der Waals surface area contributed by atoms with Gasteiger partial charge in [-0.15, -0.1) is 0 Å². The SMILES string of the molecule is COc1ccc(C=CC(=O)N[C@@H](C)CO)cc1. The van der Waals surface area contributed by atoms with Crippen LogP contribution in [0.4, 0.5) is 0 Å². The van der Waals surface area contributed by atoms with Crippen molar-refractivity contribution in [2.24, 2.45) is 0 Å². The first-order valence-electron chi connectivity index (χ1n) is 5.39. The van der Waals surface area contributed by atoms with E-state index in [0.29, 0.717) is 0 Å². The summed E-state index contributed by atoms with van der Waals surface area (Å²) in [5, 5.41) is 11.4. The van der Waals surface area contributed by atoms with Crippen molar-refractivity contribution in [3.8, 4) is 5.75 Å². The number of carbonyl (C=O) groups excluding carboxylic acids is 1. The van der Waals surface area contributed by atoms with Gasteiger partial charge in [0.1, 0.15) is 5.75 Å². The second kappa shape index (κ2) is 6.70. The van der Waals surface area contributed by atoms with Crippen molar-refractivity contribution >= 4 is 12.0 Å². The summed E-state index contributed by atoms with van der Waals surface area (Å²) in [6, 6.07) is 7.14. The number of carbonyl (C=O) groups is 1. The summed E-state index contributed by atoms with van der Waals surface area (Å²) in [5.41, 5.74) is 0.914. The summed E-state index contributed by atoms with van der Waals surface area (Å²) in [6.07, 6.45) is 3.15. The first-order valence-corrected chi connectivity index (χ1v) is 5.39. The van der Waals surface area contributed by atoms with Crippen LogP contribution in [0.1, 0.15) is 12.5 Å². The number of aliphatic hydroxyl groups is 1. The maximum absolute atomic E-state index is 11.4. The number of nitrogens with one attached hydrogen (secondary N) is 1. The van der Waals surface area contributed by atoms with E-state index in [-0.39, 0.29) is 18.6 Å². The average molecular weight is 235 g/mol. The molecule has 92 valence electrons. The third-order valence-electron chi connectivity index (χ3n) is 2.21. The molecule has 0 aliphatic heterocycles. The number of benzene rings is 1. The molecule has 0 unspecified atom stereocenters. The molecule has 1 atom stereocenters. The zero-order valence-electron chi connectivity index (χ0n) is 10.0. The first-order chi connectivity index (χ1) is 8.15. The number of aliphatic hydroxyl groups excluding tert-OH is 1. The molecule has 1 rings (SSSR count). The minimum absolute atomic E-state index is 0.0673. The molecule has 0 saturated heterocycles. The van der Waals surface area contributed by atoms with Gasteiger partial charge in [0.15, 0.2) is 0 Å². The summed E-state index contributed by atoms with van der Waals surface area (Å²) in [4.78, 5) is 11.4. The maximum atomic E-state index is 11.4. The van der Waals surface area contributed by atoms with E-state index in [4.69, 9.17) is 9.84 Å². The third-order valence-corrected chi connectivity index (χ3v) is 2.21. The van der Waals surface area contributed by atoms with Gasteiger partial charge in [0.05, 0.1) is 13.7 Å². The van der Waals surface area contributed by atoms with Gasteiger partial charge < -0.3 is 15.2 Å². The molecule has 17 heavy (non-hydrogen) atoms. The van der Waals surface area contributed by atoms with Crippen LogP contribution in [0.3, 0.4) is 0 Å². The molecule has 1 aromatic rings. The summed E-state index contributed by atoms with van der Waals surface area (Å²) in [6.45, 7) is 1.67. The lowest BCUT2D eigenvalue weighted by Crippen LogP contribution is -2.33. The molecule has 1 amide bonds. The number of hydrogen-bond acceptors (Lipinski definition) is 3. The van der Waals surface area contributed by atoms with Crippen LogP contribution >= 0.6 is 0 Å². The number of methoxy groups -OCH3 is 1. The van der Waals surface area contributed by atoms with Crippen molar-refractivity contribution in [3.63, 3.8) is 0 Å². The van der Waals surface area contributed by atoms with Crippen molar-refractivity contribution in [2.45, 2.75) is 13.0 Å². The largest absolute Gasteiger partial charge is 0.497 e. The zero-order chi connectivity index (χ0) is 12.7. The van der Waals surface area contributed by atoms with Crippen LogP contribution in [0.2, 0.25) is 0 Å². The van der Waals surface area contributed by atoms with E-state index in [2.05, 4.69) is 5.32 Å². The quantitative estimate of drug-likeness (QED) is 0.754. The Morgan fingerprint density at radius 1 is 1.47 bits per heavy atom. The van der Waals surface area contributed by atoms with E-state index in [9.17, 15) is 4.79 Å². The van der Waals surface area contributed by atoms with E-state index in [1.54, 1.807) is 20.1 Å². The van der Waals surface area contributed by atoms with Gasteiger partial charge >= 0.3 is 0 Å². The van der Waals surface area contributed by atoms with E-state index in [1.807, 2.05) is 24.3 Å². The van der Waals surface area contributed by atoms with Crippen molar-refractivity contribution in [1.29, 1.82) is 0 Å². The first kappa shape index (κ1) is 13.3. The van der Waals surface area contributed by atoms with Gasteiger partial charge in [-0.3, -0.25) is 4.79 Å². The second-order valence-electron chi connectivity index (χ2n) is 3.70. The molecule has 4 heteroatoms. The van der Waals surface area contributed by atoms with Crippen LogP contribution in [0.15, 0.2) is 30.3 Å². The molecule has 0 heterocycles. The lowest BCUT2D eigenvalue weighted by Gasteiger charge is -2.07. The van der Waals surface area contributed by atoms with Crippen LogP contribution < -0.4 is 10.1 Å². The van der Waals surface area contributed by atoms with Crippen LogP contribution in [-0.2, 0) is 4.79 Å². The van der Waals surface area contributed by atoms with Crippen molar-refractivity contribution in [1.82, 2.24) is 5.32 Å². The smallest absolute Gasteiger partial charge is 0.244 e. The van der Waals surface area contributed by atoms with E-state index in [0.717, 1.165) is 11.3 Å². The Morgan fingerprint density at radius 2 is 2.12 bits per heavy atom. The molecule has 4 nitrogen and oxygen atoms in total. The van der Waals surface area contributed by atoms with Crippen LogP contribution in [0.25, 0.3) is 6.08 Å². The Morgan fingerprint density at radius 3 is 2.65 bits per heavy atom. The van der Waals surface area contributed by atoms with E-state index < -0.39 is 0 Å². The Balaban J connectivity index is 2.54. The van der Waals surface area contributed by atoms with Crippen molar-refractivity contribution in [2.75, 3.05) is 13.7 Å². The van der Waals surface area contributed by atoms with Gasteiger partial charge in [0, 0.05) is 12.1 Å². The monoisotopic (exact) mass is 235 g/mol. The Hall–Kier alpha value is -1.81. The molecule has 0 aliphatic carbocycles. The lowest BCUT2D eigenvalue weighted by atomic mass is 10.2. The van der Waals surface area contributed by atoms with Crippen LogP contribution in [-0.4, -0.2) is 30.8 Å². The summed E-state index contributed by atoms with van der Waals surface area (Å²) in [5.74, 6) is 0.558. The second-order valence-corrected chi connectivity index (χ2v) is 3.70. The topological polar surface area (TPSA) is 58.6 Å². The summed E-state index contributed by atoms with van der Waals surface area (Å²) in [7, 11) is 1.61. The predicted molar refractivity (Wildman–Crippen MR) is 66.7 cm³/mol. The molecule has 2 N–H and O–H groups in total. The zero-order valence-corrected chi connectivity index (χ0v) is 10.0. The highest BCUT2D eigenvalue weighted by atomic mass is 16.5. The molecule has 0 fully saturated rings. The van der Waals surface area contributed by atoms with Gasteiger partial charge in [0.25, 0.3) is 0 Å². The fourth-order valence-electron chi connectivity index (χ4n) is 1.22. The Kier molecular flexibility index (Phi) is 5.23. The Bertz CT molecular complexity index is 384. The fourth-order valence-corrected chi connectivity index (χ4v) is 1.22. The minimum Gasteiger partial charge on any atom is -0.497 e. The maximum Gasteiger partial charge on any atom is 0.244 e. The molecular weight excluding hydrogens is 218 g/mol. The van der Waals surface area contributed by atoms with Crippen molar-refractivity contribution in [3.05, 3.63) is 35.9 Å². The minimum atomic E-state index is -0.233. The molecule has 0 saturated carbocycles. The third kappa shape index (κ3) is 4.70. The molecule has 0 radical (unpaired) electrons. The van der Waals surface area contributed by atoms with E-state index in [1.165, 1.54) is 6.08 Å². The van der Waals surface area contributed by atoms with Gasteiger partial charge in [-0.2, -0.15) is 0 Å². The van der Waals surface area contributed by atoms with Gasteiger partial charge in [-0.05, 0) is 30.7 Å². The van der Waals surface area contributed by atoms with Crippen molar-refractivity contribution < 1.29 is 14.6 Å². The average Bonchev–Trinajstić information content (AvgIpc) is 2.36. The van der Waals surface area contributed by atoms with Crippen LogP contribution in [0, 0.1) is 0 Å². The summed E-state index contributed by atoms with van der Waals surface area (Å²) >= 11 is 0. The highest BCUT2D eigenvalue weighted by Gasteiger charge is 2.01. The highest BCUT2D eigenvalue weighted by Crippen LogP contribution is 2.12. The van der Waals surface area contributed by atoms with Gasteiger partial charge in [-0.25, -0.2) is 0 Å². The normalized spacial score (nSPS) is 12.4. The fraction of sp³-hybridized carbons (Fsp3) is 0.308. The molecule has 0 aliphatic rings. The summed E-state index contributed by atoms with van der Waals surface area (Å²) < 4.78 is 5.03. The standard InChI is InChI=1S/C13H17NO3/c1-10(9-15)14-13(16)8-5-11-3-6-12(17-2)7-4-11/h3-8,10,15H,9H2,1-2H3,(H,14,16)/t10-/m0/s1. The van der Waals surface area contributed by atoms with Gasteiger partial charge in [-0.1, -0.05) is 12.1 Å². The van der Waals surface area contributed by atoms with E-state index >= 15 is 0 Å². The highest BCUT2D eigenvalue weighted by molar-refractivity contribution is 5.91. The molecule has 0 spiro atoms. The number of rotatable bonds is 5. The molecule has 1 aromatic carbocycles. The lowest BCUT2D eigenvalue weighted by molar-refractivity contribution is -0.117. The predicted octanol–water partition coefficient (Wildman–Crippen LogP) is 1.21. The molecular formula is C13H17NO3. The Labute approximate surface area is 101 Å². The molecule has 0 aromatic heterocycles. The number of ether oxygens (including phenoxy) is 1. The number of hydrogen-bond donors (Lipinski definition) is 2. The molecule has 0 bridgehead atoms.